The first-order chi connectivity index (χ1) is 9.47. The van der Waals surface area contributed by atoms with Crippen molar-refractivity contribution in [3.8, 4) is 0 Å². The molecule has 2 heterocycles. The molecule has 0 aliphatic heterocycles. The van der Waals surface area contributed by atoms with Crippen LogP contribution in [0.3, 0.4) is 0 Å². The number of carbonyl (C=O) groups is 1. The van der Waals surface area contributed by atoms with Gasteiger partial charge in [0.1, 0.15) is 12.2 Å². The van der Waals surface area contributed by atoms with Gasteiger partial charge in [-0.2, -0.15) is 5.10 Å². The van der Waals surface area contributed by atoms with Gasteiger partial charge in [0.25, 0.3) is 6.43 Å². The molecule has 0 unspecified atom stereocenters. The van der Waals surface area contributed by atoms with Gasteiger partial charge in [0.05, 0.1) is 6.04 Å². The molecular weight excluding hydrogens is 284 g/mol. The normalized spacial score (nSPS) is 12.7. The number of halogens is 2. The second-order valence-electron chi connectivity index (χ2n) is 4.47. The summed E-state index contributed by atoms with van der Waals surface area (Å²) in [6, 6.07) is 5.03. The van der Waals surface area contributed by atoms with Gasteiger partial charge in [-0.05, 0) is 31.4 Å². The van der Waals surface area contributed by atoms with Crippen LogP contribution in [0.2, 0.25) is 0 Å². The van der Waals surface area contributed by atoms with Crippen molar-refractivity contribution in [1.29, 1.82) is 0 Å². The molecule has 0 spiro atoms. The number of hydrogen-bond acceptors (Lipinski definition) is 3. The fraction of sp³-hybridized carbons (Fsp3) is 0.385. The van der Waals surface area contributed by atoms with Crippen LogP contribution in [0.5, 0.6) is 0 Å². The highest BCUT2D eigenvalue weighted by Crippen LogP contribution is 2.19. The van der Waals surface area contributed by atoms with E-state index in [2.05, 4.69) is 10.4 Å². The number of rotatable bonds is 5. The molecule has 20 heavy (non-hydrogen) atoms. The highest BCUT2D eigenvalue weighted by molar-refractivity contribution is 7.10. The number of nitrogens with zero attached hydrogens (tertiary/aromatic N) is 2. The van der Waals surface area contributed by atoms with Gasteiger partial charge in [-0.25, -0.2) is 8.78 Å². The van der Waals surface area contributed by atoms with Gasteiger partial charge in [-0.15, -0.1) is 11.3 Å². The Morgan fingerprint density at radius 2 is 2.30 bits per heavy atom. The van der Waals surface area contributed by atoms with Crippen LogP contribution in [0, 0.1) is 6.92 Å². The van der Waals surface area contributed by atoms with Crippen LogP contribution in [0.1, 0.15) is 35.7 Å². The van der Waals surface area contributed by atoms with Gasteiger partial charge in [0.2, 0.25) is 5.91 Å². The van der Waals surface area contributed by atoms with E-state index < -0.39 is 6.43 Å². The topological polar surface area (TPSA) is 46.9 Å². The number of aryl methyl sites for hydroxylation is 1. The molecule has 0 bridgehead atoms. The minimum absolute atomic E-state index is 0.0612. The minimum atomic E-state index is -2.62. The van der Waals surface area contributed by atoms with Gasteiger partial charge in [0, 0.05) is 10.6 Å². The summed E-state index contributed by atoms with van der Waals surface area (Å²) in [6.07, 6.45) is -2.62. The number of hydrogen-bond donors (Lipinski definition) is 1. The fourth-order valence-electron chi connectivity index (χ4n) is 1.83. The quantitative estimate of drug-likeness (QED) is 0.922. The lowest BCUT2D eigenvalue weighted by molar-refractivity contribution is -0.122. The Labute approximate surface area is 119 Å². The first-order valence-electron chi connectivity index (χ1n) is 6.12. The molecule has 1 N–H and O–H groups in total. The molecule has 2 aromatic heterocycles. The molecule has 0 aliphatic carbocycles. The Balaban J connectivity index is 1.98. The highest BCUT2D eigenvalue weighted by atomic mass is 32.1. The fourth-order valence-corrected chi connectivity index (χ4v) is 2.57. The third-order valence-electron chi connectivity index (χ3n) is 2.86. The van der Waals surface area contributed by atoms with Crippen molar-refractivity contribution in [2.24, 2.45) is 0 Å². The second kappa shape index (κ2) is 6.13. The Bertz CT molecular complexity index is 580. The van der Waals surface area contributed by atoms with Crippen molar-refractivity contribution in [2.45, 2.75) is 32.9 Å². The standard InChI is InChI=1S/C13H15F2N3OS/c1-8-6-10(13(14)15)17-18(8)7-12(19)16-9(2)11-4-3-5-20-11/h3-6,9,13H,7H2,1-2H3,(H,16,19)/t9-/m0/s1. The average Bonchev–Trinajstić information content (AvgIpc) is 2.99. The van der Waals surface area contributed by atoms with Gasteiger partial charge < -0.3 is 5.32 Å². The maximum Gasteiger partial charge on any atom is 0.282 e. The van der Waals surface area contributed by atoms with Gasteiger partial charge in [0.15, 0.2) is 0 Å². The molecular formula is C13H15F2N3OS. The number of alkyl halides is 2. The van der Waals surface area contributed by atoms with Crippen LogP contribution in [0.25, 0.3) is 0 Å². The predicted molar refractivity (Wildman–Crippen MR) is 72.8 cm³/mol. The summed E-state index contributed by atoms with van der Waals surface area (Å²) < 4.78 is 26.3. The number of aromatic nitrogens is 2. The lowest BCUT2D eigenvalue weighted by Crippen LogP contribution is -2.30. The smallest absolute Gasteiger partial charge is 0.282 e. The SMILES string of the molecule is Cc1cc(C(F)F)nn1CC(=O)N[C@@H](C)c1cccs1. The highest BCUT2D eigenvalue weighted by Gasteiger charge is 2.16. The molecule has 0 saturated heterocycles. The molecule has 2 rings (SSSR count). The Kier molecular flexibility index (Phi) is 4.49. The molecule has 108 valence electrons. The maximum absolute atomic E-state index is 12.5. The van der Waals surface area contributed by atoms with E-state index in [4.69, 9.17) is 0 Å². The van der Waals surface area contributed by atoms with Crippen molar-refractivity contribution in [2.75, 3.05) is 0 Å². The third kappa shape index (κ3) is 3.41. The molecule has 0 fully saturated rings. The molecule has 1 atom stereocenters. The van der Waals surface area contributed by atoms with E-state index in [-0.39, 0.29) is 24.2 Å². The summed E-state index contributed by atoms with van der Waals surface area (Å²) in [7, 11) is 0. The van der Waals surface area contributed by atoms with Crippen molar-refractivity contribution in [3.05, 3.63) is 39.8 Å². The first-order valence-corrected chi connectivity index (χ1v) is 7.00. The molecule has 2 aromatic rings. The number of thiophene rings is 1. The van der Waals surface area contributed by atoms with E-state index in [1.807, 2.05) is 24.4 Å². The summed E-state index contributed by atoms with van der Waals surface area (Å²) in [5.74, 6) is -0.252. The lowest BCUT2D eigenvalue weighted by Gasteiger charge is -2.12. The zero-order valence-corrected chi connectivity index (χ0v) is 12.0. The zero-order valence-electron chi connectivity index (χ0n) is 11.1. The maximum atomic E-state index is 12.5. The Hall–Kier alpha value is -1.76. The van der Waals surface area contributed by atoms with E-state index in [1.165, 1.54) is 10.7 Å². The lowest BCUT2D eigenvalue weighted by atomic mass is 10.3. The third-order valence-corrected chi connectivity index (χ3v) is 3.92. The second-order valence-corrected chi connectivity index (χ2v) is 5.45. The zero-order chi connectivity index (χ0) is 14.7. The monoisotopic (exact) mass is 299 g/mol. The van der Waals surface area contributed by atoms with Crippen molar-refractivity contribution in [1.82, 2.24) is 15.1 Å². The van der Waals surface area contributed by atoms with Crippen LogP contribution in [-0.4, -0.2) is 15.7 Å². The Morgan fingerprint density at radius 1 is 1.55 bits per heavy atom. The molecule has 0 saturated carbocycles. The van der Waals surface area contributed by atoms with Gasteiger partial charge in [-0.3, -0.25) is 9.48 Å². The molecule has 0 aromatic carbocycles. The molecule has 0 aliphatic rings. The van der Waals surface area contributed by atoms with Crippen molar-refractivity contribution < 1.29 is 13.6 Å². The summed E-state index contributed by atoms with van der Waals surface area (Å²) in [6.45, 7) is 3.47. The number of amides is 1. The van der Waals surface area contributed by atoms with Crippen LogP contribution in [0.15, 0.2) is 23.6 Å². The van der Waals surface area contributed by atoms with Crippen molar-refractivity contribution in [3.63, 3.8) is 0 Å². The van der Waals surface area contributed by atoms with Crippen molar-refractivity contribution >= 4 is 17.2 Å². The van der Waals surface area contributed by atoms with Crippen LogP contribution in [-0.2, 0) is 11.3 Å². The molecule has 7 heteroatoms. The molecule has 1 amide bonds. The van der Waals surface area contributed by atoms with E-state index in [0.717, 1.165) is 4.88 Å². The van der Waals surface area contributed by atoms with E-state index >= 15 is 0 Å². The number of nitrogens with one attached hydrogen (secondary N) is 1. The molecule has 0 radical (unpaired) electrons. The van der Waals surface area contributed by atoms with Gasteiger partial charge >= 0.3 is 0 Å². The minimum Gasteiger partial charge on any atom is -0.347 e. The predicted octanol–water partition coefficient (Wildman–Crippen LogP) is 3.07. The summed E-state index contributed by atoms with van der Waals surface area (Å²) in [4.78, 5) is 12.9. The van der Waals surface area contributed by atoms with Gasteiger partial charge in [-0.1, -0.05) is 6.07 Å². The average molecular weight is 299 g/mol. The van der Waals surface area contributed by atoms with Crippen LogP contribution < -0.4 is 5.32 Å². The summed E-state index contributed by atoms with van der Waals surface area (Å²) in [5, 5.41) is 8.48. The Morgan fingerprint density at radius 3 is 2.85 bits per heavy atom. The van der Waals surface area contributed by atoms with E-state index in [9.17, 15) is 13.6 Å². The van der Waals surface area contributed by atoms with E-state index in [0.29, 0.717) is 5.69 Å². The van der Waals surface area contributed by atoms with Crippen LogP contribution in [0.4, 0.5) is 8.78 Å². The largest absolute Gasteiger partial charge is 0.347 e. The summed E-state index contributed by atoms with van der Waals surface area (Å²) in [5.41, 5.74) is 0.237. The summed E-state index contributed by atoms with van der Waals surface area (Å²) >= 11 is 1.55. The van der Waals surface area contributed by atoms with Crippen LogP contribution >= 0.6 is 11.3 Å². The first kappa shape index (κ1) is 14.6. The van der Waals surface area contributed by atoms with E-state index in [1.54, 1.807) is 18.3 Å². The number of carbonyl (C=O) groups excluding carboxylic acids is 1. The molecule has 4 nitrogen and oxygen atoms in total.